The fraction of sp³-hybridized carbons (Fsp3) is 1.00. The summed E-state index contributed by atoms with van der Waals surface area (Å²) in [5.41, 5.74) is 5.94. The average Bonchev–Trinajstić information content (AvgIpc) is 2.50. The van der Waals surface area contributed by atoms with Gasteiger partial charge in [-0.1, -0.05) is 12.8 Å². The Morgan fingerprint density at radius 2 is 1.47 bits per heavy atom. The highest BCUT2D eigenvalue weighted by Crippen LogP contribution is 2.24. The molecule has 2 N–H and O–H groups in total. The summed E-state index contributed by atoms with van der Waals surface area (Å²) in [6, 6.07) is 0.505. The predicted octanol–water partition coefficient (Wildman–Crippen LogP) is 2.38. The van der Waals surface area contributed by atoms with Crippen molar-refractivity contribution in [3.63, 3.8) is 0 Å². The topological polar surface area (TPSA) is 29.3 Å². The molecule has 0 spiro atoms. The molecule has 2 nitrogen and oxygen atoms in total. The van der Waals surface area contributed by atoms with Crippen molar-refractivity contribution in [3.8, 4) is 0 Å². The van der Waals surface area contributed by atoms with Crippen molar-refractivity contribution in [2.75, 3.05) is 19.6 Å². The van der Waals surface area contributed by atoms with Crippen LogP contribution in [0.4, 0.5) is 0 Å². The lowest BCUT2D eigenvalue weighted by Crippen LogP contribution is -2.35. The van der Waals surface area contributed by atoms with Gasteiger partial charge in [0.15, 0.2) is 0 Å². The minimum atomic E-state index is 0.505. The molecule has 1 saturated carbocycles. The van der Waals surface area contributed by atoms with Crippen LogP contribution < -0.4 is 5.73 Å². The highest BCUT2D eigenvalue weighted by atomic mass is 15.1. The van der Waals surface area contributed by atoms with Gasteiger partial charge in [-0.15, -0.1) is 0 Å². The van der Waals surface area contributed by atoms with Crippen LogP contribution in [-0.2, 0) is 0 Å². The zero-order valence-electron chi connectivity index (χ0n) is 9.96. The summed E-state index contributed by atoms with van der Waals surface area (Å²) in [4.78, 5) is 2.70. The molecule has 1 aliphatic carbocycles. The quantitative estimate of drug-likeness (QED) is 0.758. The van der Waals surface area contributed by atoms with Crippen molar-refractivity contribution in [1.29, 1.82) is 0 Å². The van der Waals surface area contributed by atoms with Crippen LogP contribution in [0.3, 0.4) is 0 Å². The molecule has 0 amide bonds. The zero-order chi connectivity index (χ0) is 10.5. The Kier molecular flexibility index (Phi) is 4.45. The van der Waals surface area contributed by atoms with Gasteiger partial charge in [-0.25, -0.2) is 0 Å². The van der Waals surface area contributed by atoms with Gasteiger partial charge in [0.05, 0.1) is 0 Å². The van der Waals surface area contributed by atoms with Gasteiger partial charge < -0.3 is 10.6 Å². The maximum absolute atomic E-state index is 5.94. The third kappa shape index (κ3) is 3.76. The SMILES string of the molecule is NC1CCC(CN2CCCCCC2)CC1. The zero-order valence-corrected chi connectivity index (χ0v) is 9.96. The van der Waals surface area contributed by atoms with Gasteiger partial charge in [0, 0.05) is 12.6 Å². The molecule has 0 aromatic carbocycles. The molecule has 0 bridgehead atoms. The van der Waals surface area contributed by atoms with Gasteiger partial charge >= 0.3 is 0 Å². The van der Waals surface area contributed by atoms with Crippen molar-refractivity contribution in [1.82, 2.24) is 4.90 Å². The van der Waals surface area contributed by atoms with Crippen LogP contribution in [0.2, 0.25) is 0 Å². The first-order chi connectivity index (χ1) is 7.34. The minimum absolute atomic E-state index is 0.505. The number of rotatable bonds is 2. The summed E-state index contributed by atoms with van der Waals surface area (Å²) < 4.78 is 0. The van der Waals surface area contributed by atoms with Gasteiger partial charge in [-0.05, 0) is 57.5 Å². The van der Waals surface area contributed by atoms with E-state index in [1.807, 2.05) is 0 Å². The third-order valence-corrected chi connectivity index (χ3v) is 4.11. The van der Waals surface area contributed by atoms with Gasteiger partial charge in [0.25, 0.3) is 0 Å². The maximum Gasteiger partial charge on any atom is 0.00390 e. The Morgan fingerprint density at radius 1 is 0.867 bits per heavy atom. The summed E-state index contributed by atoms with van der Waals surface area (Å²) >= 11 is 0. The van der Waals surface area contributed by atoms with Crippen LogP contribution in [0.1, 0.15) is 51.4 Å². The van der Waals surface area contributed by atoms with Crippen LogP contribution in [-0.4, -0.2) is 30.6 Å². The lowest BCUT2D eigenvalue weighted by atomic mass is 9.86. The largest absolute Gasteiger partial charge is 0.328 e. The molecule has 1 aliphatic heterocycles. The molecule has 2 heteroatoms. The highest BCUT2D eigenvalue weighted by molar-refractivity contribution is 4.77. The van der Waals surface area contributed by atoms with E-state index in [4.69, 9.17) is 5.73 Å². The Morgan fingerprint density at radius 3 is 2.07 bits per heavy atom. The standard InChI is InChI=1S/C13H26N2/c14-13-7-5-12(6-8-13)11-15-9-3-1-2-4-10-15/h12-13H,1-11,14H2. The normalized spacial score (nSPS) is 35.0. The van der Waals surface area contributed by atoms with E-state index in [1.165, 1.54) is 71.0 Å². The molecule has 1 heterocycles. The fourth-order valence-electron chi connectivity index (χ4n) is 3.05. The maximum atomic E-state index is 5.94. The Balaban J connectivity index is 1.70. The number of hydrogen-bond acceptors (Lipinski definition) is 2. The molecular formula is C13H26N2. The Labute approximate surface area is 94.2 Å². The number of nitrogens with two attached hydrogens (primary N) is 1. The molecule has 2 fully saturated rings. The second kappa shape index (κ2) is 5.86. The summed E-state index contributed by atoms with van der Waals surface area (Å²) in [6.45, 7) is 4.05. The third-order valence-electron chi connectivity index (χ3n) is 4.11. The van der Waals surface area contributed by atoms with Crippen molar-refractivity contribution in [3.05, 3.63) is 0 Å². The van der Waals surface area contributed by atoms with Crippen molar-refractivity contribution in [2.45, 2.75) is 57.4 Å². The molecule has 2 aliphatic rings. The van der Waals surface area contributed by atoms with E-state index in [0.29, 0.717) is 6.04 Å². The van der Waals surface area contributed by atoms with E-state index < -0.39 is 0 Å². The Bertz CT molecular complexity index is 165. The van der Waals surface area contributed by atoms with E-state index >= 15 is 0 Å². The van der Waals surface area contributed by atoms with Crippen LogP contribution in [0, 0.1) is 5.92 Å². The van der Waals surface area contributed by atoms with E-state index in [0.717, 1.165) is 5.92 Å². The summed E-state index contributed by atoms with van der Waals surface area (Å²) in [6.07, 6.45) is 11.0. The highest BCUT2D eigenvalue weighted by Gasteiger charge is 2.21. The molecule has 0 radical (unpaired) electrons. The van der Waals surface area contributed by atoms with Crippen LogP contribution in [0.5, 0.6) is 0 Å². The van der Waals surface area contributed by atoms with E-state index in [2.05, 4.69) is 4.90 Å². The van der Waals surface area contributed by atoms with Crippen LogP contribution >= 0.6 is 0 Å². The molecule has 0 aromatic rings. The van der Waals surface area contributed by atoms with Crippen molar-refractivity contribution in [2.24, 2.45) is 11.7 Å². The fourth-order valence-corrected chi connectivity index (χ4v) is 3.05. The molecule has 15 heavy (non-hydrogen) atoms. The molecular weight excluding hydrogens is 184 g/mol. The smallest absolute Gasteiger partial charge is 0.00390 e. The number of nitrogens with zero attached hydrogens (tertiary/aromatic N) is 1. The summed E-state index contributed by atoms with van der Waals surface area (Å²) in [5.74, 6) is 0.947. The second-order valence-electron chi connectivity index (χ2n) is 5.50. The van der Waals surface area contributed by atoms with Crippen molar-refractivity contribution >= 4 is 0 Å². The monoisotopic (exact) mass is 210 g/mol. The van der Waals surface area contributed by atoms with Crippen LogP contribution in [0.15, 0.2) is 0 Å². The lowest BCUT2D eigenvalue weighted by Gasteiger charge is -2.31. The average molecular weight is 210 g/mol. The summed E-state index contributed by atoms with van der Waals surface area (Å²) in [7, 11) is 0. The molecule has 88 valence electrons. The Hall–Kier alpha value is -0.0800. The van der Waals surface area contributed by atoms with E-state index in [9.17, 15) is 0 Å². The predicted molar refractivity (Wildman–Crippen MR) is 64.8 cm³/mol. The number of hydrogen-bond donors (Lipinski definition) is 1. The van der Waals surface area contributed by atoms with Gasteiger partial charge in [0.2, 0.25) is 0 Å². The van der Waals surface area contributed by atoms with Crippen LogP contribution in [0.25, 0.3) is 0 Å². The minimum Gasteiger partial charge on any atom is -0.328 e. The second-order valence-corrected chi connectivity index (χ2v) is 5.50. The van der Waals surface area contributed by atoms with E-state index in [-0.39, 0.29) is 0 Å². The van der Waals surface area contributed by atoms with Gasteiger partial charge in [-0.2, -0.15) is 0 Å². The first kappa shape index (κ1) is 11.4. The van der Waals surface area contributed by atoms with Crippen molar-refractivity contribution < 1.29 is 0 Å². The first-order valence-electron chi connectivity index (χ1n) is 6.82. The molecule has 1 saturated heterocycles. The lowest BCUT2D eigenvalue weighted by molar-refractivity contribution is 0.199. The van der Waals surface area contributed by atoms with E-state index in [1.54, 1.807) is 0 Å². The first-order valence-corrected chi connectivity index (χ1v) is 6.82. The van der Waals surface area contributed by atoms with Gasteiger partial charge in [-0.3, -0.25) is 0 Å². The molecule has 0 atom stereocenters. The molecule has 2 rings (SSSR count). The molecule has 0 unspecified atom stereocenters. The number of likely N-dealkylation sites (tertiary alicyclic amines) is 1. The molecule has 0 aromatic heterocycles. The summed E-state index contributed by atoms with van der Waals surface area (Å²) in [5, 5.41) is 0. The van der Waals surface area contributed by atoms with Gasteiger partial charge in [0.1, 0.15) is 0 Å².